The average Bonchev–Trinajstić information content (AvgIpc) is 1.98. The zero-order chi connectivity index (χ0) is 14.7. The summed E-state index contributed by atoms with van der Waals surface area (Å²) in [5.41, 5.74) is 0. The molecule has 0 amide bonds. The Kier molecular flexibility index (Phi) is 6.61. The van der Waals surface area contributed by atoms with Gasteiger partial charge in [-0.15, -0.1) is 0 Å². The Balaban J connectivity index is 0. The number of hydrogen-bond acceptors (Lipinski definition) is 2. The minimum absolute atomic E-state index is 0.611. The van der Waals surface area contributed by atoms with E-state index in [9.17, 15) is 30.9 Å². The highest BCUT2D eigenvalue weighted by atomic mass is 35.9. The fraction of sp³-hybridized carbons (Fsp3) is 0.600. The van der Waals surface area contributed by atoms with Crippen LogP contribution in [0.25, 0.3) is 0 Å². The Morgan fingerprint density at radius 1 is 1.12 bits per heavy atom. The van der Waals surface area contributed by atoms with Crippen molar-refractivity contribution in [3.63, 3.8) is 0 Å². The van der Waals surface area contributed by atoms with Gasteiger partial charge in [0.2, 0.25) is 0 Å². The highest BCUT2D eigenvalue weighted by Crippen LogP contribution is 2.51. The summed E-state index contributed by atoms with van der Waals surface area (Å²) in [7, 11) is 0. The fourth-order valence-corrected chi connectivity index (χ4v) is 0.324. The van der Waals surface area contributed by atoms with E-state index in [4.69, 9.17) is 10.00 Å². The van der Waals surface area contributed by atoms with Gasteiger partial charge in [0.1, 0.15) is 0 Å². The van der Waals surface area contributed by atoms with Crippen molar-refractivity contribution >= 4 is 28.6 Å². The third kappa shape index (κ3) is 7.15. The molecule has 0 bridgehead atoms. The van der Waals surface area contributed by atoms with E-state index in [1.165, 1.54) is 0 Å². The molecule has 0 saturated carbocycles. The van der Waals surface area contributed by atoms with Crippen LogP contribution in [0.5, 0.6) is 0 Å². The van der Waals surface area contributed by atoms with E-state index in [2.05, 4.69) is 29.1 Å². The SMILES string of the molecule is C=CC(F)(F)C(O)(F)C(F)(F)F.O=P(O)(Cl)Cl. The molecule has 0 aromatic rings. The van der Waals surface area contributed by atoms with E-state index in [0.717, 1.165) is 0 Å². The summed E-state index contributed by atoms with van der Waals surface area (Å²) in [6.45, 7) is 2.26. The molecule has 1 atom stereocenters. The van der Waals surface area contributed by atoms with Crippen LogP contribution < -0.4 is 0 Å². The molecule has 0 saturated heterocycles. The molecule has 0 spiro atoms. The summed E-state index contributed by atoms with van der Waals surface area (Å²) in [5.74, 6) is -10.6. The van der Waals surface area contributed by atoms with E-state index < -0.39 is 30.1 Å². The van der Waals surface area contributed by atoms with E-state index in [0.29, 0.717) is 0 Å². The summed E-state index contributed by atoms with van der Waals surface area (Å²) in [5, 5.41) is 7.77. The molecule has 0 heterocycles. The molecular weight excluding hydrogens is 324 g/mol. The number of hydrogen-bond donors (Lipinski definition) is 2. The minimum atomic E-state index is -6.05. The number of rotatable bonds is 2. The molecule has 12 heteroatoms. The third-order valence-electron chi connectivity index (χ3n) is 1.07. The summed E-state index contributed by atoms with van der Waals surface area (Å²) < 4.78 is 79.3. The van der Waals surface area contributed by atoms with Crippen molar-refractivity contribution in [3.8, 4) is 0 Å². The van der Waals surface area contributed by atoms with Crippen molar-refractivity contribution in [2.24, 2.45) is 0 Å². The van der Waals surface area contributed by atoms with Crippen LogP contribution in [0.2, 0.25) is 0 Å². The fourth-order valence-electron chi connectivity index (χ4n) is 0.324. The maximum Gasteiger partial charge on any atom is 0.455 e. The van der Waals surface area contributed by atoms with Crippen LogP contribution in [0, 0.1) is 0 Å². The second-order valence-electron chi connectivity index (χ2n) is 2.38. The number of halogens is 8. The number of aliphatic hydroxyl groups is 1. The maximum atomic E-state index is 12.0. The van der Waals surface area contributed by atoms with Gasteiger partial charge in [-0.05, 0) is 28.6 Å². The maximum absolute atomic E-state index is 12.0. The lowest BCUT2D eigenvalue weighted by atomic mass is 10.1. The first-order valence-corrected chi connectivity index (χ1v) is 6.74. The minimum Gasteiger partial charge on any atom is -0.350 e. The van der Waals surface area contributed by atoms with Crippen LogP contribution in [0.4, 0.5) is 26.3 Å². The summed E-state index contributed by atoms with van der Waals surface area (Å²) in [4.78, 5) is 7.61. The van der Waals surface area contributed by atoms with Crippen molar-refractivity contribution in [3.05, 3.63) is 12.7 Å². The highest BCUT2D eigenvalue weighted by Gasteiger charge is 2.69. The largest absolute Gasteiger partial charge is 0.455 e. The van der Waals surface area contributed by atoms with Crippen molar-refractivity contribution in [1.29, 1.82) is 0 Å². The molecule has 0 radical (unpaired) electrons. The van der Waals surface area contributed by atoms with Gasteiger partial charge in [-0.3, -0.25) is 4.57 Å². The van der Waals surface area contributed by atoms with Crippen molar-refractivity contribution in [2.75, 3.05) is 0 Å². The number of alkyl halides is 6. The highest BCUT2D eigenvalue weighted by molar-refractivity contribution is 8.04. The normalized spacial score (nSPS) is 16.6. The lowest BCUT2D eigenvalue weighted by Gasteiger charge is -2.27. The molecule has 0 aromatic heterocycles. The Hall–Kier alpha value is 0.0500. The van der Waals surface area contributed by atoms with Gasteiger partial charge in [0.15, 0.2) is 0 Å². The van der Waals surface area contributed by atoms with Crippen molar-refractivity contribution in [2.45, 2.75) is 18.0 Å². The quantitative estimate of drug-likeness (QED) is 0.462. The van der Waals surface area contributed by atoms with Crippen LogP contribution in [-0.4, -0.2) is 28.0 Å². The summed E-state index contributed by atoms with van der Waals surface area (Å²) >= 11 is 8.81. The molecule has 2 N–H and O–H groups in total. The molecule has 0 fully saturated rings. The molecule has 17 heavy (non-hydrogen) atoms. The first-order valence-electron chi connectivity index (χ1n) is 3.28. The molecular formula is C5H5Cl2F6O3P. The van der Waals surface area contributed by atoms with Crippen LogP contribution in [0.15, 0.2) is 12.7 Å². The summed E-state index contributed by atoms with van der Waals surface area (Å²) in [6, 6.07) is 0. The van der Waals surface area contributed by atoms with Gasteiger partial charge >= 0.3 is 24.0 Å². The molecule has 104 valence electrons. The van der Waals surface area contributed by atoms with E-state index in [-0.39, 0.29) is 0 Å². The monoisotopic (exact) mass is 328 g/mol. The standard InChI is InChI=1S/C5H4F6O.Cl2HO2P/c1-2-3(6,7)4(8,12)5(9,10)11;1-5(2,3)4/h2,12H,1H2;(H,3,4). The Morgan fingerprint density at radius 3 is 1.41 bits per heavy atom. The molecule has 3 nitrogen and oxygen atoms in total. The smallest absolute Gasteiger partial charge is 0.350 e. The predicted molar refractivity (Wildman–Crippen MR) is 48.8 cm³/mol. The Bertz CT molecular complexity index is 303. The second-order valence-corrected chi connectivity index (χ2v) is 6.52. The van der Waals surface area contributed by atoms with Gasteiger partial charge in [-0.25, -0.2) is 0 Å². The molecule has 0 aliphatic rings. The van der Waals surface area contributed by atoms with Crippen LogP contribution >= 0.6 is 28.6 Å². The van der Waals surface area contributed by atoms with Gasteiger partial charge in [0, 0.05) is 0 Å². The zero-order valence-electron chi connectivity index (χ0n) is 7.56. The summed E-state index contributed by atoms with van der Waals surface area (Å²) in [6.07, 6.45) is -10.4. The van der Waals surface area contributed by atoms with Crippen LogP contribution in [0.3, 0.4) is 0 Å². The Morgan fingerprint density at radius 2 is 1.35 bits per heavy atom. The van der Waals surface area contributed by atoms with Crippen LogP contribution in [-0.2, 0) is 4.57 Å². The predicted octanol–water partition coefficient (Wildman–Crippen LogP) is 3.59. The first kappa shape index (κ1) is 19.4. The molecule has 1 unspecified atom stereocenters. The average molecular weight is 329 g/mol. The first-order chi connectivity index (χ1) is 7.06. The van der Waals surface area contributed by atoms with Gasteiger partial charge in [-0.2, -0.15) is 26.3 Å². The van der Waals surface area contributed by atoms with Gasteiger partial charge < -0.3 is 10.00 Å². The van der Waals surface area contributed by atoms with Crippen molar-refractivity contribution in [1.82, 2.24) is 0 Å². The molecule has 0 rings (SSSR count). The molecule has 0 aliphatic heterocycles. The van der Waals surface area contributed by atoms with E-state index in [1.807, 2.05) is 0 Å². The van der Waals surface area contributed by atoms with E-state index in [1.54, 1.807) is 0 Å². The van der Waals surface area contributed by atoms with E-state index >= 15 is 0 Å². The zero-order valence-corrected chi connectivity index (χ0v) is 9.96. The molecule has 0 aromatic carbocycles. The van der Waals surface area contributed by atoms with Crippen LogP contribution in [0.1, 0.15) is 0 Å². The van der Waals surface area contributed by atoms with Crippen molar-refractivity contribution < 1.29 is 40.9 Å². The molecule has 0 aliphatic carbocycles. The second kappa shape index (κ2) is 5.79. The topological polar surface area (TPSA) is 57.5 Å². The van der Waals surface area contributed by atoms with Gasteiger partial charge in [-0.1, -0.05) is 6.58 Å². The van der Waals surface area contributed by atoms with Gasteiger partial charge in [0.05, 0.1) is 0 Å². The third-order valence-corrected chi connectivity index (χ3v) is 1.07. The van der Waals surface area contributed by atoms with Gasteiger partial charge in [0.25, 0.3) is 0 Å². The lowest BCUT2D eigenvalue weighted by molar-refractivity contribution is -0.373. The Labute approximate surface area is 101 Å². The lowest BCUT2D eigenvalue weighted by Crippen LogP contribution is -2.54.